The van der Waals surface area contributed by atoms with Gasteiger partial charge in [0.2, 0.25) is 0 Å². The molecule has 0 aliphatic carbocycles. The molecule has 2 aromatic rings. The lowest BCUT2D eigenvalue weighted by Gasteiger charge is -2.23. The van der Waals surface area contributed by atoms with Crippen molar-refractivity contribution in [2.24, 2.45) is 0 Å². The van der Waals surface area contributed by atoms with Crippen molar-refractivity contribution in [2.45, 2.75) is 32.4 Å². The van der Waals surface area contributed by atoms with Crippen LogP contribution in [0.3, 0.4) is 0 Å². The molecule has 0 saturated heterocycles. The first kappa shape index (κ1) is 17.8. The maximum atomic E-state index is 11.9. The number of aliphatic hydroxyl groups excluding tert-OH is 1. The minimum absolute atomic E-state index is 0.242. The first-order valence-corrected chi connectivity index (χ1v) is 7.80. The second-order valence-electron chi connectivity index (χ2n) is 6.37. The molecule has 2 aromatic carbocycles. The molecule has 0 bridgehead atoms. The van der Waals surface area contributed by atoms with Crippen molar-refractivity contribution in [3.05, 3.63) is 60.2 Å². The summed E-state index contributed by atoms with van der Waals surface area (Å²) in [6.07, 6.45) is -0.573. The fourth-order valence-corrected chi connectivity index (χ4v) is 2.10. The number of ether oxygens (including phenoxy) is 2. The molecule has 1 amide bonds. The predicted molar refractivity (Wildman–Crippen MR) is 92.2 cm³/mol. The fourth-order valence-electron chi connectivity index (χ4n) is 2.10. The van der Waals surface area contributed by atoms with Gasteiger partial charge in [0, 0.05) is 0 Å². The zero-order chi connectivity index (χ0) is 17.6. The van der Waals surface area contributed by atoms with Crippen LogP contribution in [0.15, 0.2) is 54.6 Å². The average molecular weight is 329 g/mol. The molecule has 5 heteroatoms. The summed E-state index contributed by atoms with van der Waals surface area (Å²) in [7, 11) is 0. The van der Waals surface area contributed by atoms with E-state index in [1.54, 1.807) is 26.8 Å². The topological polar surface area (TPSA) is 67.8 Å². The van der Waals surface area contributed by atoms with Crippen LogP contribution in [-0.2, 0) is 4.74 Å². The second-order valence-corrected chi connectivity index (χ2v) is 6.37. The molecule has 0 radical (unpaired) electrons. The van der Waals surface area contributed by atoms with Crippen LogP contribution in [0.1, 0.15) is 32.4 Å². The highest BCUT2D eigenvalue weighted by Crippen LogP contribution is 2.24. The largest absolute Gasteiger partial charge is 0.457 e. The van der Waals surface area contributed by atoms with Crippen LogP contribution in [0.2, 0.25) is 0 Å². The lowest BCUT2D eigenvalue weighted by Crippen LogP contribution is -2.36. The van der Waals surface area contributed by atoms with Crippen molar-refractivity contribution in [3.63, 3.8) is 0 Å². The van der Waals surface area contributed by atoms with Gasteiger partial charge < -0.3 is 19.9 Å². The van der Waals surface area contributed by atoms with Gasteiger partial charge in [-0.25, -0.2) is 4.79 Å². The molecule has 24 heavy (non-hydrogen) atoms. The summed E-state index contributed by atoms with van der Waals surface area (Å²) in [5.74, 6) is 1.35. The number of amides is 1. The monoisotopic (exact) mass is 329 g/mol. The van der Waals surface area contributed by atoms with Crippen LogP contribution >= 0.6 is 0 Å². The molecule has 2 rings (SSSR count). The Hall–Kier alpha value is -2.53. The van der Waals surface area contributed by atoms with Gasteiger partial charge in [0.05, 0.1) is 12.6 Å². The summed E-state index contributed by atoms with van der Waals surface area (Å²) in [6, 6.07) is 16.1. The second kappa shape index (κ2) is 7.84. The van der Waals surface area contributed by atoms with Gasteiger partial charge in [0.15, 0.2) is 0 Å². The summed E-state index contributed by atoms with van der Waals surface area (Å²) < 4.78 is 11.0. The van der Waals surface area contributed by atoms with Crippen LogP contribution in [0.4, 0.5) is 4.79 Å². The molecule has 0 spiro atoms. The van der Waals surface area contributed by atoms with Gasteiger partial charge in [-0.2, -0.15) is 0 Å². The van der Waals surface area contributed by atoms with E-state index in [1.807, 2.05) is 48.5 Å². The van der Waals surface area contributed by atoms with Crippen molar-refractivity contribution in [1.82, 2.24) is 5.32 Å². The number of rotatable bonds is 5. The number of benzene rings is 2. The summed E-state index contributed by atoms with van der Waals surface area (Å²) in [4.78, 5) is 11.9. The highest BCUT2D eigenvalue weighted by Gasteiger charge is 2.20. The molecule has 0 aliphatic rings. The first-order chi connectivity index (χ1) is 11.4. The van der Waals surface area contributed by atoms with E-state index in [1.165, 1.54) is 0 Å². The third-order valence-electron chi connectivity index (χ3n) is 3.11. The van der Waals surface area contributed by atoms with Gasteiger partial charge in [-0.3, -0.25) is 0 Å². The van der Waals surface area contributed by atoms with Gasteiger partial charge in [-0.15, -0.1) is 0 Å². The number of aliphatic hydroxyl groups is 1. The molecule has 0 aromatic heterocycles. The number of para-hydroxylation sites is 1. The van der Waals surface area contributed by atoms with Gasteiger partial charge in [-0.1, -0.05) is 30.3 Å². The highest BCUT2D eigenvalue weighted by molar-refractivity contribution is 5.68. The molecule has 0 fully saturated rings. The van der Waals surface area contributed by atoms with Gasteiger partial charge in [0.1, 0.15) is 17.1 Å². The normalized spacial score (nSPS) is 12.3. The lowest BCUT2D eigenvalue weighted by molar-refractivity contribution is 0.0481. The summed E-state index contributed by atoms with van der Waals surface area (Å²) >= 11 is 0. The first-order valence-electron chi connectivity index (χ1n) is 7.80. The maximum Gasteiger partial charge on any atom is 0.408 e. The minimum atomic E-state index is -0.595. The Kier molecular flexibility index (Phi) is 5.82. The van der Waals surface area contributed by atoms with E-state index < -0.39 is 17.7 Å². The number of hydrogen-bond donors (Lipinski definition) is 2. The van der Waals surface area contributed by atoms with Crippen LogP contribution in [0, 0.1) is 0 Å². The minimum Gasteiger partial charge on any atom is -0.457 e. The maximum absolute atomic E-state index is 11.9. The lowest BCUT2D eigenvalue weighted by atomic mass is 10.1. The molecule has 2 N–H and O–H groups in total. The van der Waals surface area contributed by atoms with Gasteiger partial charge in [0.25, 0.3) is 0 Å². The van der Waals surface area contributed by atoms with Crippen LogP contribution in [0.5, 0.6) is 11.5 Å². The smallest absolute Gasteiger partial charge is 0.408 e. The molecule has 128 valence electrons. The van der Waals surface area contributed by atoms with E-state index in [4.69, 9.17) is 9.47 Å². The summed E-state index contributed by atoms with van der Waals surface area (Å²) in [5.41, 5.74) is 0.138. The number of carbonyl (C=O) groups is 1. The Labute approximate surface area is 142 Å². The average Bonchev–Trinajstić information content (AvgIpc) is 2.52. The molecule has 1 atom stereocenters. The molecule has 0 saturated carbocycles. The van der Waals surface area contributed by atoms with E-state index in [9.17, 15) is 9.90 Å². The van der Waals surface area contributed by atoms with Crippen molar-refractivity contribution in [2.75, 3.05) is 6.61 Å². The molecule has 5 nitrogen and oxygen atoms in total. The molecular weight excluding hydrogens is 306 g/mol. The Balaban J connectivity index is 2.09. The van der Waals surface area contributed by atoms with Gasteiger partial charge >= 0.3 is 6.09 Å². The van der Waals surface area contributed by atoms with E-state index in [-0.39, 0.29) is 6.61 Å². The van der Waals surface area contributed by atoms with E-state index in [0.29, 0.717) is 5.75 Å². The van der Waals surface area contributed by atoms with Crippen molar-refractivity contribution in [3.8, 4) is 11.5 Å². The quantitative estimate of drug-likeness (QED) is 0.869. The van der Waals surface area contributed by atoms with Crippen LogP contribution in [-0.4, -0.2) is 23.4 Å². The number of alkyl carbamates (subject to hydrolysis) is 1. The number of carbonyl (C=O) groups excluding carboxylic acids is 1. The Morgan fingerprint density at radius 1 is 1.08 bits per heavy atom. The predicted octanol–water partition coefficient (Wildman–Crippen LogP) is 4.04. The van der Waals surface area contributed by atoms with E-state index in [0.717, 1.165) is 11.3 Å². The molecule has 0 aliphatic heterocycles. The van der Waals surface area contributed by atoms with Crippen molar-refractivity contribution < 1.29 is 19.4 Å². The molecular formula is C19H23NO4. The summed E-state index contributed by atoms with van der Waals surface area (Å²) in [5, 5.41) is 12.3. The van der Waals surface area contributed by atoms with Crippen LogP contribution in [0.25, 0.3) is 0 Å². The molecule has 0 heterocycles. The summed E-state index contributed by atoms with van der Waals surface area (Å²) in [6.45, 7) is 5.12. The Bertz CT molecular complexity index is 665. The zero-order valence-corrected chi connectivity index (χ0v) is 14.2. The van der Waals surface area contributed by atoms with Crippen molar-refractivity contribution in [1.29, 1.82) is 0 Å². The molecule has 0 unspecified atom stereocenters. The number of hydrogen-bond acceptors (Lipinski definition) is 4. The Morgan fingerprint density at radius 3 is 2.38 bits per heavy atom. The highest BCUT2D eigenvalue weighted by atomic mass is 16.6. The zero-order valence-electron chi connectivity index (χ0n) is 14.2. The Morgan fingerprint density at radius 2 is 1.75 bits per heavy atom. The van der Waals surface area contributed by atoms with E-state index in [2.05, 4.69) is 5.32 Å². The van der Waals surface area contributed by atoms with Gasteiger partial charge in [-0.05, 0) is 50.6 Å². The third-order valence-corrected chi connectivity index (χ3v) is 3.11. The SMILES string of the molecule is CC(C)(C)OC(=O)N[C@@H](CO)c1cccc(Oc2ccccc2)c1. The standard InChI is InChI=1S/C19H23NO4/c1-19(2,3)24-18(22)20-17(13-21)14-8-7-11-16(12-14)23-15-9-5-4-6-10-15/h4-12,17,21H,13H2,1-3H3,(H,20,22)/t17-/m0/s1. The van der Waals surface area contributed by atoms with Crippen LogP contribution < -0.4 is 10.1 Å². The number of nitrogens with one attached hydrogen (secondary N) is 1. The fraction of sp³-hybridized carbons (Fsp3) is 0.316. The van der Waals surface area contributed by atoms with Crippen molar-refractivity contribution >= 4 is 6.09 Å². The third kappa shape index (κ3) is 5.59. The van der Waals surface area contributed by atoms with E-state index >= 15 is 0 Å².